The van der Waals surface area contributed by atoms with E-state index < -0.39 is 0 Å². The summed E-state index contributed by atoms with van der Waals surface area (Å²) in [6.07, 6.45) is 1.60. The first-order chi connectivity index (χ1) is 15.7. The number of ether oxygens (including phenoxy) is 1. The number of methoxy groups -OCH3 is 1. The molecule has 0 aliphatic carbocycles. The van der Waals surface area contributed by atoms with Gasteiger partial charge in [-0.05, 0) is 36.4 Å². The summed E-state index contributed by atoms with van der Waals surface area (Å²) in [5, 5.41) is 17.2. The van der Waals surface area contributed by atoms with Crippen LogP contribution in [0.5, 0.6) is 5.75 Å². The number of hydrogen-bond donors (Lipinski definition) is 1. The highest BCUT2D eigenvalue weighted by molar-refractivity contribution is 7.11. The SMILES string of the molecule is COc1cc2c(cc1NC=C(C#N)c1nc(-c3ccc(F)cc3)cs1)oc1ccccc12. The van der Waals surface area contributed by atoms with Crippen molar-refractivity contribution in [3.8, 4) is 23.1 Å². The van der Waals surface area contributed by atoms with Gasteiger partial charge in [0.2, 0.25) is 0 Å². The van der Waals surface area contributed by atoms with Crippen LogP contribution in [-0.2, 0) is 0 Å². The Balaban J connectivity index is 1.47. The van der Waals surface area contributed by atoms with Gasteiger partial charge in [-0.15, -0.1) is 11.3 Å². The van der Waals surface area contributed by atoms with E-state index in [-0.39, 0.29) is 5.82 Å². The molecule has 32 heavy (non-hydrogen) atoms. The van der Waals surface area contributed by atoms with Gasteiger partial charge in [0.25, 0.3) is 0 Å². The normalized spacial score (nSPS) is 11.6. The number of aromatic nitrogens is 1. The van der Waals surface area contributed by atoms with Crippen molar-refractivity contribution in [2.45, 2.75) is 0 Å². The van der Waals surface area contributed by atoms with Gasteiger partial charge in [0.1, 0.15) is 39.4 Å². The predicted octanol–water partition coefficient (Wildman–Crippen LogP) is 6.83. The molecule has 0 saturated carbocycles. The lowest BCUT2D eigenvalue weighted by Gasteiger charge is -2.08. The van der Waals surface area contributed by atoms with E-state index >= 15 is 0 Å². The van der Waals surface area contributed by atoms with E-state index in [0.29, 0.717) is 33.3 Å². The highest BCUT2D eigenvalue weighted by Gasteiger charge is 2.13. The number of rotatable bonds is 5. The first kappa shape index (κ1) is 19.8. The molecule has 0 unspecified atom stereocenters. The standard InChI is InChI=1S/C25H16FN3O2S/c1-30-24-10-19-18-4-2-3-5-22(18)31-23(19)11-20(24)28-13-16(12-27)25-29-21(14-32-25)15-6-8-17(26)9-7-15/h2-11,13-14,28H,1H3. The number of furan rings is 1. The topological polar surface area (TPSA) is 71.1 Å². The zero-order valence-electron chi connectivity index (χ0n) is 16.9. The molecule has 0 saturated heterocycles. The number of hydrogen-bond acceptors (Lipinski definition) is 6. The highest BCUT2D eigenvalue weighted by Crippen LogP contribution is 2.36. The Labute approximate surface area is 187 Å². The average molecular weight is 441 g/mol. The van der Waals surface area contributed by atoms with Crippen molar-refractivity contribution in [1.29, 1.82) is 5.26 Å². The van der Waals surface area contributed by atoms with Crippen LogP contribution in [0.2, 0.25) is 0 Å². The van der Waals surface area contributed by atoms with E-state index in [2.05, 4.69) is 16.4 Å². The van der Waals surface area contributed by atoms with Gasteiger partial charge in [-0.2, -0.15) is 5.26 Å². The number of nitrogens with zero attached hydrogens (tertiary/aromatic N) is 2. The fourth-order valence-corrected chi connectivity index (χ4v) is 4.27. The summed E-state index contributed by atoms with van der Waals surface area (Å²) < 4.78 is 24.7. The second-order valence-electron chi connectivity index (χ2n) is 7.01. The lowest BCUT2D eigenvalue weighted by Crippen LogP contribution is -1.95. The quantitative estimate of drug-likeness (QED) is 0.303. The summed E-state index contributed by atoms with van der Waals surface area (Å²) >= 11 is 1.35. The molecule has 0 aliphatic rings. The number of nitrogens with one attached hydrogen (secondary N) is 1. The minimum Gasteiger partial charge on any atom is -0.495 e. The summed E-state index contributed by atoms with van der Waals surface area (Å²) in [4.78, 5) is 4.53. The Hall–Kier alpha value is -4.15. The molecule has 0 spiro atoms. The van der Waals surface area contributed by atoms with Crippen LogP contribution in [0.25, 0.3) is 38.8 Å². The summed E-state index contributed by atoms with van der Waals surface area (Å²) in [6.45, 7) is 0. The van der Waals surface area contributed by atoms with E-state index in [1.165, 1.54) is 23.5 Å². The van der Waals surface area contributed by atoms with Crippen molar-refractivity contribution in [1.82, 2.24) is 4.98 Å². The van der Waals surface area contributed by atoms with Gasteiger partial charge >= 0.3 is 0 Å². The van der Waals surface area contributed by atoms with Crippen molar-refractivity contribution in [3.63, 3.8) is 0 Å². The van der Waals surface area contributed by atoms with Gasteiger partial charge in [0.05, 0.1) is 18.5 Å². The predicted molar refractivity (Wildman–Crippen MR) is 125 cm³/mol. The van der Waals surface area contributed by atoms with Crippen molar-refractivity contribution in [2.75, 3.05) is 12.4 Å². The number of benzene rings is 3. The lowest BCUT2D eigenvalue weighted by atomic mass is 10.1. The lowest BCUT2D eigenvalue weighted by molar-refractivity contribution is 0.417. The molecule has 156 valence electrons. The average Bonchev–Trinajstić information content (AvgIpc) is 3.44. The van der Waals surface area contributed by atoms with Gasteiger partial charge < -0.3 is 14.5 Å². The zero-order chi connectivity index (χ0) is 22.1. The fraction of sp³-hybridized carbons (Fsp3) is 0.0400. The molecule has 0 aliphatic heterocycles. The molecular weight excluding hydrogens is 425 g/mol. The maximum absolute atomic E-state index is 13.2. The van der Waals surface area contributed by atoms with Gasteiger partial charge in [0.15, 0.2) is 0 Å². The number of allylic oxidation sites excluding steroid dienone is 1. The third-order valence-corrected chi connectivity index (χ3v) is 5.94. The van der Waals surface area contributed by atoms with Crippen molar-refractivity contribution >= 4 is 44.5 Å². The molecule has 2 heterocycles. The second kappa shape index (κ2) is 8.17. The number of nitriles is 1. The molecule has 0 atom stereocenters. The van der Waals surface area contributed by atoms with E-state index in [1.54, 1.807) is 25.4 Å². The molecule has 5 nitrogen and oxygen atoms in total. The van der Waals surface area contributed by atoms with Crippen LogP contribution in [-0.4, -0.2) is 12.1 Å². The molecule has 0 bridgehead atoms. The third-order valence-electron chi connectivity index (χ3n) is 5.07. The molecular formula is C25H16FN3O2S. The number of halogens is 1. The largest absolute Gasteiger partial charge is 0.495 e. The Bertz CT molecular complexity index is 1510. The summed E-state index contributed by atoms with van der Waals surface area (Å²) in [5.74, 6) is 0.324. The van der Waals surface area contributed by atoms with Gasteiger partial charge in [-0.1, -0.05) is 18.2 Å². The van der Waals surface area contributed by atoms with Crippen molar-refractivity contribution in [3.05, 3.63) is 83.1 Å². The molecule has 5 aromatic rings. The monoisotopic (exact) mass is 441 g/mol. The van der Waals surface area contributed by atoms with Crippen LogP contribution in [0.3, 0.4) is 0 Å². The molecule has 0 amide bonds. The molecule has 7 heteroatoms. The second-order valence-corrected chi connectivity index (χ2v) is 7.86. The Morgan fingerprint density at radius 3 is 2.72 bits per heavy atom. The number of anilines is 1. The summed E-state index contributed by atoms with van der Waals surface area (Å²) in [5.41, 5.74) is 4.03. The van der Waals surface area contributed by atoms with Crippen LogP contribution in [0.1, 0.15) is 5.01 Å². The highest BCUT2D eigenvalue weighted by atomic mass is 32.1. The Kier molecular flexibility index (Phi) is 5.06. The van der Waals surface area contributed by atoms with Crippen LogP contribution in [0.4, 0.5) is 10.1 Å². The number of fused-ring (bicyclic) bond motifs is 3. The van der Waals surface area contributed by atoms with Gasteiger partial charge in [-0.25, -0.2) is 9.37 Å². The molecule has 3 aromatic carbocycles. The first-order valence-corrected chi connectivity index (χ1v) is 10.6. The minimum absolute atomic E-state index is 0.304. The van der Waals surface area contributed by atoms with Crippen LogP contribution in [0, 0.1) is 17.1 Å². The van der Waals surface area contributed by atoms with Crippen LogP contribution in [0.15, 0.2) is 76.7 Å². The maximum Gasteiger partial charge on any atom is 0.143 e. The van der Waals surface area contributed by atoms with Crippen molar-refractivity contribution in [2.24, 2.45) is 0 Å². The van der Waals surface area contributed by atoms with E-state index in [4.69, 9.17) is 9.15 Å². The van der Waals surface area contributed by atoms with Gasteiger partial charge in [-0.3, -0.25) is 0 Å². The van der Waals surface area contributed by atoms with E-state index in [0.717, 1.165) is 21.9 Å². The van der Waals surface area contributed by atoms with Crippen molar-refractivity contribution < 1.29 is 13.5 Å². The number of para-hydroxylation sites is 1. The maximum atomic E-state index is 13.2. The summed E-state index contributed by atoms with van der Waals surface area (Å²) in [6, 6.07) is 19.9. The summed E-state index contributed by atoms with van der Waals surface area (Å²) in [7, 11) is 1.60. The molecule has 1 N–H and O–H groups in total. The number of thiazole rings is 1. The molecule has 0 fully saturated rings. The third kappa shape index (κ3) is 3.57. The van der Waals surface area contributed by atoms with Crippen LogP contribution >= 0.6 is 11.3 Å². The zero-order valence-corrected chi connectivity index (χ0v) is 17.7. The van der Waals surface area contributed by atoms with E-state index in [9.17, 15) is 9.65 Å². The van der Waals surface area contributed by atoms with Crippen LogP contribution < -0.4 is 10.1 Å². The Morgan fingerprint density at radius 2 is 1.94 bits per heavy atom. The smallest absolute Gasteiger partial charge is 0.143 e. The molecule has 0 radical (unpaired) electrons. The minimum atomic E-state index is -0.304. The van der Waals surface area contributed by atoms with Gasteiger partial charge in [0, 0.05) is 34.0 Å². The molecule has 2 aromatic heterocycles. The first-order valence-electron chi connectivity index (χ1n) is 9.74. The Morgan fingerprint density at radius 1 is 1.12 bits per heavy atom. The van der Waals surface area contributed by atoms with E-state index in [1.807, 2.05) is 41.8 Å². The molecule has 5 rings (SSSR count). The fourth-order valence-electron chi connectivity index (χ4n) is 3.48.